The molecule has 0 radical (unpaired) electrons. The van der Waals surface area contributed by atoms with Gasteiger partial charge in [0.2, 0.25) is 0 Å². The molecule has 0 saturated heterocycles. The molecule has 0 aliphatic heterocycles. The largest absolute Gasteiger partial charge is 0.524 e. The van der Waals surface area contributed by atoms with Crippen LogP contribution in [-0.4, -0.2) is 18.1 Å². The molecule has 0 rings (SSSR count). The van der Waals surface area contributed by atoms with Crippen molar-refractivity contribution in [2.75, 3.05) is 0 Å². The van der Waals surface area contributed by atoms with Crippen molar-refractivity contribution in [2.24, 2.45) is 0 Å². The predicted octanol–water partition coefficient (Wildman–Crippen LogP) is 0.394. The van der Waals surface area contributed by atoms with Crippen molar-refractivity contribution < 1.29 is 18.4 Å². The Morgan fingerprint density at radius 2 is 1.05 bits per heavy atom. The zero-order chi connectivity index (χ0) is 15.6. The van der Waals surface area contributed by atoms with Gasteiger partial charge in [-0.05, 0) is 20.8 Å². The summed E-state index contributed by atoms with van der Waals surface area (Å²) in [5, 5.41) is 25.7. The molecule has 3 unspecified atom stereocenters. The van der Waals surface area contributed by atoms with Crippen LogP contribution in [0.4, 0.5) is 0 Å². The summed E-state index contributed by atoms with van der Waals surface area (Å²) in [5.41, 5.74) is 6.41. The molecule has 20 heavy (non-hydrogen) atoms. The summed E-state index contributed by atoms with van der Waals surface area (Å²) in [6.45, 7) is 4.34. The van der Waals surface area contributed by atoms with Gasteiger partial charge in [-0.3, -0.25) is 0 Å². The van der Waals surface area contributed by atoms with Crippen LogP contribution in [0.1, 0.15) is 20.8 Å². The second kappa shape index (κ2) is 9.38. The molecule has 3 N–H and O–H groups in total. The Bertz CT molecular complexity index is 400. The van der Waals surface area contributed by atoms with E-state index < -0.39 is 25.9 Å². The summed E-state index contributed by atoms with van der Waals surface area (Å²) in [4.78, 5) is 0. The summed E-state index contributed by atoms with van der Waals surface area (Å²) < 4.78 is 26.1. The predicted molar refractivity (Wildman–Crippen MR) is 65.5 cm³/mol. The third kappa shape index (κ3) is 7.80. The van der Waals surface area contributed by atoms with Crippen molar-refractivity contribution in [2.45, 2.75) is 38.9 Å². The highest BCUT2D eigenvalue weighted by Gasteiger charge is 2.31. The van der Waals surface area contributed by atoms with E-state index in [1.807, 2.05) is 0 Å². The van der Waals surface area contributed by atoms with Crippen LogP contribution in [0.25, 0.3) is 0 Å². The Balaban J connectivity index is 4.59. The first kappa shape index (κ1) is 18.5. The van der Waals surface area contributed by atoms with Gasteiger partial charge in [0.1, 0.15) is 18.1 Å². The molecule has 0 heterocycles. The van der Waals surface area contributed by atoms with Crippen LogP contribution in [0, 0.1) is 34.0 Å². The third-order valence-corrected chi connectivity index (χ3v) is 2.59. The Hall–Kier alpha value is -1.54. The van der Waals surface area contributed by atoms with Gasteiger partial charge in [-0.2, -0.15) is 46.1 Å². The molecule has 0 aromatic carbocycles. The molecule has 0 bridgehead atoms. The molecule has 110 valence electrons. The minimum absolute atomic E-state index is 0.780. The summed E-state index contributed by atoms with van der Waals surface area (Å²) in [6.07, 6.45) is 0. The molecule has 0 amide bonds. The maximum Gasteiger partial charge on any atom is 0.524 e. The van der Waals surface area contributed by atoms with Gasteiger partial charge in [0.25, 0.3) is 0 Å². The SMILES string of the molecule is CC(C#N)NOP(=O)(ONC(C)C#N)ONC(C)C#N. The quantitative estimate of drug-likeness (QED) is 0.402. The number of hydrogen-bond acceptors (Lipinski definition) is 10. The average molecular weight is 302 g/mol. The Labute approximate surface area is 116 Å². The number of nitrogens with zero attached hydrogens (tertiary/aromatic N) is 3. The van der Waals surface area contributed by atoms with Crippen molar-refractivity contribution in [1.29, 1.82) is 15.8 Å². The van der Waals surface area contributed by atoms with Crippen LogP contribution in [0.5, 0.6) is 0 Å². The van der Waals surface area contributed by atoms with Crippen LogP contribution in [0.15, 0.2) is 0 Å². The van der Waals surface area contributed by atoms with Crippen LogP contribution < -0.4 is 16.4 Å². The van der Waals surface area contributed by atoms with Crippen molar-refractivity contribution >= 4 is 7.82 Å². The van der Waals surface area contributed by atoms with Gasteiger partial charge in [0.05, 0.1) is 18.2 Å². The average Bonchev–Trinajstić information content (AvgIpc) is 2.47. The van der Waals surface area contributed by atoms with Gasteiger partial charge in [-0.15, -0.1) is 0 Å². The molecule has 3 atom stereocenters. The molecule has 0 aliphatic carbocycles. The molecule has 0 spiro atoms. The van der Waals surface area contributed by atoms with Crippen LogP contribution in [0.3, 0.4) is 0 Å². The van der Waals surface area contributed by atoms with E-state index in [1.165, 1.54) is 20.8 Å². The zero-order valence-electron chi connectivity index (χ0n) is 11.2. The first-order valence-corrected chi connectivity index (χ1v) is 6.94. The van der Waals surface area contributed by atoms with Gasteiger partial charge in [0.15, 0.2) is 0 Å². The molecular weight excluding hydrogens is 287 g/mol. The first-order valence-electron chi connectivity index (χ1n) is 5.48. The first-order chi connectivity index (χ1) is 9.36. The Morgan fingerprint density at radius 3 is 1.25 bits per heavy atom. The molecule has 0 aromatic heterocycles. The van der Waals surface area contributed by atoms with E-state index in [-0.39, 0.29) is 0 Å². The van der Waals surface area contributed by atoms with Gasteiger partial charge in [-0.25, -0.2) is 4.57 Å². The highest BCUT2D eigenvalue weighted by atomic mass is 31.2. The minimum Gasteiger partial charge on any atom is -0.223 e. The molecule has 0 aliphatic rings. The number of rotatable bonds is 9. The molecule has 0 fully saturated rings. The number of hydrogen-bond donors (Lipinski definition) is 3. The standard InChI is InChI=1S/C9H15N6O4P/c1-7(4-10)13-17-20(16,18-14-8(2)5-11)19-15-9(3)6-12/h7-9,13-15H,1-3H3. The molecule has 0 saturated carbocycles. The van der Waals surface area contributed by atoms with E-state index in [0.717, 1.165) is 0 Å². The topological polar surface area (TPSA) is 152 Å². The van der Waals surface area contributed by atoms with E-state index in [1.54, 1.807) is 18.2 Å². The Morgan fingerprint density at radius 1 is 0.800 bits per heavy atom. The lowest BCUT2D eigenvalue weighted by atomic mass is 10.4. The van der Waals surface area contributed by atoms with E-state index in [2.05, 4.69) is 30.3 Å². The molecule has 0 aromatic rings. The third-order valence-electron chi connectivity index (χ3n) is 1.60. The molecular formula is C9H15N6O4P. The van der Waals surface area contributed by atoms with Crippen molar-refractivity contribution in [3.8, 4) is 18.2 Å². The number of phosphoric acid groups is 1. The normalized spacial score (nSPS) is 17.8. The van der Waals surface area contributed by atoms with Crippen LogP contribution >= 0.6 is 7.82 Å². The summed E-state index contributed by atoms with van der Waals surface area (Å²) in [5.74, 6) is 0. The summed E-state index contributed by atoms with van der Waals surface area (Å²) in [7, 11) is -4.21. The number of nitriles is 3. The fourth-order valence-corrected chi connectivity index (χ4v) is 1.54. The van der Waals surface area contributed by atoms with Gasteiger partial charge < -0.3 is 0 Å². The highest BCUT2D eigenvalue weighted by Crippen LogP contribution is 2.46. The lowest BCUT2D eigenvalue weighted by Gasteiger charge is -2.19. The fourth-order valence-electron chi connectivity index (χ4n) is 0.566. The lowest BCUT2D eigenvalue weighted by molar-refractivity contribution is 0.00617. The summed E-state index contributed by atoms with van der Waals surface area (Å²) in [6, 6.07) is 2.99. The van der Waals surface area contributed by atoms with Crippen molar-refractivity contribution in [3.05, 3.63) is 0 Å². The van der Waals surface area contributed by atoms with Crippen molar-refractivity contribution in [1.82, 2.24) is 16.4 Å². The van der Waals surface area contributed by atoms with E-state index in [0.29, 0.717) is 0 Å². The minimum atomic E-state index is -4.21. The van der Waals surface area contributed by atoms with Gasteiger partial charge in [0, 0.05) is 0 Å². The second-order valence-electron chi connectivity index (χ2n) is 3.63. The summed E-state index contributed by atoms with van der Waals surface area (Å²) >= 11 is 0. The smallest absolute Gasteiger partial charge is 0.223 e. The monoisotopic (exact) mass is 302 g/mol. The maximum absolute atomic E-state index is 12.1. The molecule has 10 nitrogen and oxygen atoms in total. The van der Waals surface area contributed by atoms with Gasteiger partial charge >= 0.3 is 7.82 Å². The van der Waals surface area contributed by atoms with Crippen LogP contribution in [0.2, 0.25) is 0 Å². The fraction of sp³-hybridized carbons (Fsp3) is 0.667. The second-order valence-corrected chi connectivity index (χ2v) is 5.07. The van der Waals surface area contributed by atoms with Crippen LogP contribution in [-0.2, 0) is 18.4 Å². The van der Waals surface area contributed by atoms with Gasteiger partial charge in [-0.1, -0.05) is 0 Å². The van der Waals surface area contributed by atoms with E-state index in [9.17, 15) is 4.57 Å². The zero-order valence-corrected chi connectivity index (χ0v) is 12.0. The number of hydroxylamine groups is 3. The molecule has 11 heteroatoms. The van der Waals surface area contributed by atoms with E-state index >= 15 is 0 Å². The Kier molecular flexibility index (Phi) is 8.66. The highest BCUT2D eigenvalue weighted by molar-refractivity contribution is 7.48. The maximum atomic E-state index is 12.1. The number of nitrogens with one attached hydrogen (secondary N) is 3. The van der Waals surface area contributed by atoms with Crippen molar-refractivity contribution in [3.63, 3.8) is 0 Å². The lowest BCUT2D eigenvalue weighted by Crippen LogP contribution is -2.32. The van der Waals surface area contributed by atoms with E-state index in [4.69, 9.17) is 15.8 Å².